The first kappa shape index (κ1) is 13.5. The molecule has 0 bridgehead atoms. The average Bonchev–Trinajstić information content (AvgIpc) is 2.85. The number of hydrogen-bond acceptors (Lipinski definition) is 5. The van der Waals surface area contributed by atoms with Gasteiger partial charge in [0.05, 0.1) is 22.2 Å². The molecule has 0 atom stereocenters. The predicted molar refractivity (Wildman–Crippen MR) is 76.7 cm³/mol. The molecule has 0 aliphatic rings. The van der Waals surface area contributed by atoms with Crippen molar-refractivity contribution in [2.45, 2.75) is 26.8 Å². The molecule has 0 aliphatic heterocycles. The largest absolute Gasteiger partial charge is 0.374 e. The Bertz CT molecular complexity index is 595. The van der Waals surface area contributed by atoms with Crippen molar-refractivity contribution in [1.29, 1.82) is 0 Å². The van der Waals surface area contributed by atoms with Gasteiger partial charge in [-0.3, -0.25) is 10.1 Å². The number of hydrogen-bond donors (Lipinski definition) is 1. The molecule has 2 rings (SSSR count). The minimum atomic E-state index is -0.367. The summed E-state index contributed by atoms with van der Waals surface area (Å²) in [5, 5.41) is 17.1. The van der Waals surface area contributed by atoms with Crippen LogP contribution in [0.3, 0.4) is 0 Å². The summed E-state index contributed by atoms with van der Waals surface area (Å²) in [4.78, 5) is 15.0. The van der Waals surface area contributed by atoms with Crippen LogP contribution >= 0.6 is 11.3 Å². The maximum Gasteiger partial charge on any atom is 0.292 e. The van der Waals surface area contributed by atoms with Crippen LogP contribution in [0, 0.1) is 17.0 Å². The third kappa shape index (κ3) is 3.29. The lowest BCUT2D eigenvalue weighted by atomic mass is 10.2. The molecule has 100 valence electrons. The molecule has 2 aromatic rings. The SMILES string of the molecule is CCc1nc(CNc2ccc(C)cc2[N+](=O)[O-])cs1. The number of benzene rings is 1. The smallest absolute Gasteiger partial charge is 0.292 e. The Balaban J connectivity index is 2.12. The highest BCUT2D eigenvalue weighted by Gasteiger charge is 2.13. The molecule has 0 spiro atoms. The first-order valence-corrected chi connectivity index (χ1v) is 6.90. The van der Waals surface area contributed by atoms with Crippen LogP contribution < -0.4 is 5.32 Å². The molecule has 0 unspecified atom stereocenters. The van der Waals surface area contributed by atoms with Gasteiger partial charge in [0.1, 0.15) is 5.69 Å². The van der Waals surface area contributed by atoms with E-state index in [1.54, 1.807) is 23.5 Å². The Kier molecular flexibility index (Phi) is 4.11. The van der Waals surface area contributed by atoms with Crippen molar-refractivity contribution >= 4 is 22.7 Å². The number of nitrogens with zero attached hydrogens (tertiary/aromatic N) is 2. The molecule has 1 aromatic carbocycles. The van der Waals surface area contributed by atoms with Crippen molar-refractivity contribution < 1.29 is 4.92 Å². The predicted octanol–water partition coefficient (Wildman–Crippen LogP) is 3.53. The molecule has 1 heterocycles. The zero-order valence-electron chi connectivity index (χ0n) is 10.8. The van der Waals surface area contributed by atoms with E-state index in [-0.39, 0.29) is 10.6 Å². The highest BCUT2D eigenvalue weighted by atomic mass is 32.1. The van der Waals surface area contributed by atoms with Gasteiger partial charge in [0.25, 0.3) is 5.69 Å². The molecule has 0 radical (unpaired) electrons. The molecule has 1 aromatic heterocycles. The van der Waals surface area contributed by atoms with Gasteiger partial charge in [0.15, 0.2) is 0 Å². The molecular weight excluding hydrogens is 262 g/mol. The van der Waals surface area contributed by atoms with E-state index in [1.165, 1.54) is 0 Å². The number of thiazole rings is 1. The van der Waals surface area contributed by atoms with Crippen LogP contribution in [0.25, 0.3) is 0 Å². The van der Waals surface area contributed by atoms with Gasteiger partial charge in [-0.25, -0.2) is 4.98 Å². The monoisotopic (exact) mass is 277 g/mol. The van der Waals surface area contributed by atoms with Crippen LogP contribution in [0.4, 0.5) is 11.4 Å². The second kappa shape index (κ2) is 5.79. The number of nitro groups is 1. The van der Waals surface area contributed by atoms with Crippen LogP contribution in [0.5, 0.6) is 0 Å². The molecule has 0 saturated heterocycles. The van der Waals surface area contributed by atoms with E-state index in [1.807, 2.05) is 18.4 Å². The molecule has 19 heavy (non-hydrogen) atoms. The summed E-state index contributed by atoms with van der Waals surface area (Å²) in [6, 6.07) is 5.16. The van der Waals surface area contributed by atoms with Crippen LogP contribution in [0.2, 0.25) is 0 Å². The highest BCUT2D eigenvalue weighted by molar-refractivity contribution is 7.09. The van der Waals surface area contributed by atoms with E-state index in [2.05, 4.69) is 17.2 Å². The van der Waals surface area contributed by atoms with E-state index < -0.39 is 0 Å². The topological polar surface area (TPSA) is 68.1 Å². The fraction of sp³-hybridized carbons (Fsp3) is 0.308. The van der Waals surface area contributed by atoms with Gasteiger partial charge in [-0.15, -0.1) is 11.3 Å². The Morgan fingerprint density at radius 2 is 2.26 bits per heavy atom. The minimum Gasteiger partial charge on any atom is -0.374 e. The lowest BCUT2D eigenvalue weighted by Crippen LogP contribution is -2.03. The Hall–Kier alpha value is -1.95. The van der Waals surface area contributed by atoms with Gasteiger partial charge in [-0.05, 0) is 25.0 Å². The number of nitro benzene ring substituents is 1. The third-order valence-electron chi connectivity index (χ3n) is 2.71. The first-order chi connectivity index (χ1) is 9.10. The lowest BCUT2D eigenvalue weighted by Gasteiger charge is -2.06. The minimum absolute atomic E-state index is 0.103. The molecule has 0 aliphatic carbocycles. The fourth-order valence-corrected chi connectivity index (χ4v) is 2.47. The lowest BCUT2D eigenvalue weighted by molar-refractivity contribution is -0.384. The summed E-state index contributed by atoms with van der Waals surface area (Å²) in [5.41, 5.74) is 2.42. The van der Waals surface area contributed by atoms with Crippen molar-refractivity contribution in [1.82, 2.24) is 4.98 Å². The summed E-state index contributed by atoms with van der Waals surface area (Å²) in [6.45, 7) is 4.39. The summed E-state index contributed by atoms with van der Waals surface area (Å²) in [5.74, 6) is 0. The number of rotatable bonds is 5. The van der Waals surface area contributed by atoms with Crippen molar-refractivity contribution in [3.63, 3.8) is 0 Å². The van der Waals surface area contributed by atoms with Crippen molar-refractivity contribution in [3.05, 3.63) is 50.0 Å². The Labute approximate surface area is 115 Å². The number of anilines is 1. The van der Waals surface area contributed by atoms with E-state index >= 15 is 0 Å². The maximum atomic E-state index is 11.0. The Morgan fingerprint density at radius 1 is 1.47 bits per heavy atom. The molecule has 0 amide bonds. The van der Waals surface area contributed by atoms with Crippen LogP contribution in [-0.4, -0.2) is 9.91 Å². The van der Waals surface area contributed by atoms with E-state index in [9.17, 15) is 10.1 Å². The number of aryl methyl sites for hydroxylation is 2. The second-order valence-electron chi connectivity index (χ2n) is 4.22. The molecule has 0 saturated carbocycles. The van der Waals surface area contributed by atoms with Gasteiger partial charge in [0.2, 0.25) is 0 Å². The summed E-state index contributed by atoms with van der Waals surface area (Å²) in [6.07, 6.45) is 0.912. The normalized spacial score (nSPS) is 10.4. The third-order valence-corrected chi connectivity index (χ3v) is 3.75. The van der Waals surface area contributed by atoms with Crippen molar-refractivity contribution in [3.8, 4) is 0 Å². The number of aromatic nitrogens is 1. The van der Waals surface area contributed by atoms with E-state index in [4.69, 9.17) is 0 Å². The van der Waals surface area contributed by atoms with Crippen LogP contribution in [-0.2, 0) is 13.0 Å². The van der Waals surface area contributed by atoms with Crippen LogP contribution in [0.15, 0.2) is 23.6 Å². The van der Waals surface area contributed by atoms with Gasteiger partial charge in [-0.2, -0.15) is 0 Å². The second-order valence-corrected chi connectivity index (χ2v) is 5.16. The Morgan fingerprint density at radius 3 is 2.89 bits per heavy atom. The van der Waals surface area contributed by atoms with Gasteiger partial charge in [0, 0.05) is 11.4 Å². The van der Waals surface area contributed by atoms with Crippen molar-refractivity contribution in [2.24, 2.45) is 0 Å². The zero-order valence-corrected chi connectivity index (χ0v) is 11.7. The molecular formula is C13H15N3O2S. The molecule has 6 heteroatoms. The molecule has 5 nitrogen and oxygen atoms in total. The maximum absolute atomic E-state index is 11.0. The van der Waals surface area contributed by atoms with Gasteiger partial charge >= 0.3 is 0 Å². The quantitative estimate of drug-likeness (QED) is 0.670. The zero-order chi connectivity index (χ0) is 13.8. The van der Waals surface area contributed by atoms with Crippen LogP contribution in [0.1, 0.15) is 23.2 Å². The highest BCUT2D eigenvalue weighted by Crippen LogP contribution is 2.25. The van der Waals surface area contributed by atoms with E-state index in [0.717, 1.165) is 22.7 Å². The fourth-order valence-electron chi connectivity index (χ4n) is 1.72. The summed E-state index contributed by atoms with van der Waals surface area (Å²) in [7, 11) is 0. The first-order valence-electron chi connectivity index (χ1n) is 6.02. The molecule has 1 N–H and O–H groups in total. The van der Waals surface area contributed by atoms with Crippen molar-refractivity contribution in [2.75, 3.05) is 5.32 Å². The summed E-state index contributed by atoms with van der Waals surface area (Å²) >= 11 is 1.61. The summed E-state index contributed by atoms with van der Waals surface area (Å²) < 4.78 is 0. The van der Waals surface area contributed by atoms with Gasteiger partial charge in [-0.1, -0.05) is 13.0 Å². The number of nitrogens with one attached hydrogen (secondary N) is 1. The van der Waals surface area contributed by atoms with E-state index in [0.29, 0.717) is 12.2 Å². The molecule has 0 fully saturated rings. The standard InChI is InChI=1S/C13H15N3O2S/c1-3-13-15-10(8-19-13)7-14-11-5-4-9(2)6-12(11)16(17)18/h4-6,8,14H,3,7H2,1-2H3. The van der Waals surface area contributed by atoms with Gasteiger partial charge < -0.3 is 5.32 Å². The average molecular weight is 277 g/mol.